The van der Waals surface area contributed by atoms with Crippen molar-refractivity contribution < 1.29 is 14.0 Å². The topological polar surface area (TPSA) is 27.7 Å². The average Bonchev–Trinajstić information content (AvgIpc) is 1.72. The van der Waals surface area contributed by atoms with Crippen molar-refractivity contribution in [1.82, 2.24) is 0 Å². The first-order chi connectivity index (χ1) is 3.35. The first-order valence-electron chi connectivity index (χ1n) is 1.93. The molecule has 0 amide bonds. The molecule has 0 aliphatic carbocycles. The number of rotatable bonds is 3. The molecular formula is C4H13BO3. The summed E-state index contributed by atoms with van der Waals surface area (Å²) >= 11 is 0. The van der Waals surface area contributed by atoms with Crippen molar-refractivity contribution in [2.24, 2.45) is 0 Å². The largest absolute Gasteiger partial charge is 0.638 e. The summed E-state index contributed by atoms with van der Waals surface area (Å²) < 4.78 is 13.8. The molecule has 0 aromatic carbocycles. The molecule has 3 nitrogen and oxygen atoms in total. The molecule has 0 atom stereocenters. The molecule has 4 heteroatoms. The van der Waals surface area contributed by atoms with Gasteiger partial charge in [-0.15, -0.1) is 0 Å². The highest BCUT2D eigenvalue weighted by Crippen LogP contribution is 1.81. The lowest BCUT2D eigenvalue weighted by atomic mass is 10.2. The van der Waals surface area contributed by atoms with E-state index in [2.05, 4.69) is 14.0 Å². The van der Waals surface area contributed by atoms with E-state index in [0.29, 0.717) is 0 Å². The van der Waals surface area contributed by atoms with Crippen LogP contribution < -0.4 is 0 Å². The predicted molar refractivity (Wildman–Crippen MR) is 33.5 cm³/mol. The van der Waals surface area contributed by atoms with Gasteiger partial charge in [0.15, 0.2) is 0 Å². The Morgan fingerprint density at radius 1 is 0.875 bits per heavy atom. The van der Waals surface area contributed by atoms with Gasteiger partial charge in [0.05, 0.1) is 0 Å². The second kappa shape index (κ2) is 6.94. The van der Waals surface area contributed by atoms with Crippen LogP contribution in [0.5, 0.6) is 0 Å². The summed E-state index contributed by atoms with van der Waals surface area (Å²) in [6, 6.07) is 0. The Morgan fingerprint density at radius 2 is 1.12 bits per heavy atom. The molecule has 0 saturated heterocycles. The minimum absolute atomic E-state index is 0. The zero-order valence-corrected chi connectivity index (χ0v) is 4.80. The van der Waals surface area contributed by atoms with E-state index >= 15 is 0 Å². The lowest BCUT2D eigenvalue weighted by molar-refractivity contribution is 0.163. The van der Waals surface area contributed by atoms with Gasteiger partial charge in [-0.1, -0.05) is 7.43 Å². The fraction of sp³-hybridized carbons (Fsp3) is 1.00. The lowest BCUT2D eigenvalue weighted by Gasteiger charge is -2.01. The van der Waals surface area contributed by atoms with Crippen LogP contribution in [0, 0.1) is 0 Å². The van der Waals surface area contributed by atoms with E-state index in [9.17, 15) is 0 Å². The van der Waals surface area contributed by atoms with Crippen LogP contribution in [-0.4, -0.2) is 28.7 Å². The predicted octanol–water partition coefficient (Wildman–Crippen LogP) is 0.547. The van der Waals surface area contributed by atoms with Gasteiger partial charge in [-0.3, -0.25) is 0 Å². The van der Waals surface area contributed by atoms with E-state index in [1.807, 2.05) is 0 Å². The molecule has 0 bridgehead atoms. The zero-order chi connectivity index (χ0) is 5.70. The van der Waals surface area contributed by atoms with E-state index in [-0.39, 0.29) is 7.43 Å². The van der Waals surface area contributed by atoms with Crippen LogP contribution in [0.4, 0.5) is 0 Å². The smallest absolute Gasteiger partial charge is 0.389 e. The summed E-state index contributed by atoms with van der Waals surface area (Å²) in [5.74, 6) is 0. The molecule has 0 rings (SSSR count). The molecule has 0 unspecified atom stereocenters. The maximum Gasteiger partial charge on any atom is 0.638 e. The van der Waals surface area contributed by atoms with Crippen molar-refractivity contribution in [3.8, 4) is 0 Å². The second-order valence-electron chi connectivity index (χ2n) is 0.996. The van der Waals surface area contributed by atoms with E-state index in [0.717, 1.165) is 0 Å². The summed E-state index contributed by atoms with van der Waals surface area (Å²) in [4.78, 5) is 0. The van der Waals surface area contributed by atoms with Crippen molar-refractivity contribution in [2.45, 2.75) is 7.43 Å². The van der Waals surface area contributed by atoms with Gasteiger partial charge in [0.1, 0.15) is 0 Å². The van der Waals surface area contributed by atoms with Gasteiger partial charge in [0.2, 0.25) is 0 Å². The minimum Gasteiger partial charge on any atom is -0.389 e. The standard InChI is InChI=1S/C3H9BO3.CH4/c1-5-4(6-2)7-3;/h1-3H3;1H4. The first-order valence-corrected chi connectivity index (χ1v) is 1.93. The van der Waals surface area contributed by atoms with Gasteiger partial charge in [0, 0.05) is 21.3 Å². The molecule has 0 N–H and O–H groups in total. The first kappa shape index (κ1) is 10.8. The van der Waals surface area contributed by atoms with Crippen molar-refractivity contribution in [2.75, 3.05) is 21.3 Å². The van der Waals surface area contributed by atoms with Crippen LogP contribution >= 0.6 is 0 Å². The summed E-state index contributed by atoms with van der Waals surface area (Å²) in [6.07, 6.45) is 0. The van der Waals surface area contributed by atoms with Gasteiger partial charge in [-0.05, 0) is 0 Å². The van der Waals surface area contributed by atoms with Crippen LogP contribution in [0.15, 0.2) is 0 Å². The highest BCUT2D eigenvalue weighted by atomic mass is 16.7. The van der Waals surface area contributed by atoms with Crippen LogP contribution in [0.3, 0.4) is 0 Å². The molecule has 0 fully saturated rings. The Bertz CT molecular complexity index is 32.8. The lowest BCUT2D eigenvalue weighted by Crippen LogP contribution is -2.21. The molecular weight excluding hydrogens is 107 g/mol. The van der Waals surface area contributed by atoms with Crippen molar-refractivity contribution in [3.63, 3.8) is 0 Å². The van der Waals surface area contributed by atoms with E-state index in [1.165, 1.54) is 21.3 Å². The molecule has 0 spiro atoms. The van der Waals surface area contributed by atoms with Crippen molar-refractivity contribution >= 4 is 7.32 Å². The Kier molecular flexibility index (Phi) is 9.41. The van der Waals surface area contributed by atoms with Gasteiger partial charge < -0.3 is 14.0 Å². The summed E-state index contributed by atoms with van der Waals surface area (Å²) in [7, 11) is 4.02. The fourth-order valence-corrected chi connectivity index (χ4v) is 0.289. The van der Waals surface area contributed by atoms with Crippen molar-refractivity contribution in [1.29, 1.82) is 0 Å². The van der Waals surface area contributed by atoms with Crippen molar-refractivity contribution in [3.05, 3.63) is 0 Å². The van der Waals surface area contributed by atoms with Gasteiger partial charge >= 0.3 is 7.32 Å². The van der Waals surface area contributed by atoms with E-state index in [1.54, 1.807) is 0 Å². The molecule has 0 radical (unpaired) electrons. The Hall–Kier alpha value is -0.0551. The van der Waals surface area contributed by atoms with E-state index < -0.39 is 7.32 Å². The molecule has 0 heterocycles. The third-order valence-corrected chi connectivity index (χ3v) is 0.577. The SMILES string of the molecule is C.COB(OC)OC. The molecule has 0 aliphatic rings. The van der Waals surface area contributed by atoms with Gasteiger partial charge in [0.25, 0.3) is 0 Å². The Morgan fingerprint density at radius 3 is 1.12 bits per heavy atom. The second-order valence-corrected chi connectivity index (χ2v) is 0.996. The van der Waals surface area contributed by atoms with Crippen LogP contribution in [0.2, 0.25) is 0 Å². The highest BCUT2D eigenvalue weighted by Gasteiger charge is 2.12. The summed E-state index contributed by atoms with van der Waals surface area (Å²) in [6.45, 7) is 0. The Balaban J connectivity index is 0. The molecule has 0 aliphatic heterocycles. The molecule has 0 aromatic heterocycles. The summed E-state index contributed by atoms with van der Waals surface area (Å²) in [5.41, 5.74) is 0. The van der Waals surface area contributed by atoms with Crippen LogP contribution in [0.25, 0.3) is 0 Å². The third-order valence-electron chi connectivity index (χ3n) is 0.577. The maximum absolute atomic E-state index is 4.60. The molecule has 50 valence electrons. The maximum atomic E-state index is 4.60. The molecule has 8 heavy (non-hydrogen) atoms. The molecule has 0 saturated carbocycles. The van der Waals surface area contributed by atoms with Crippen LogP contribution in [0.1, 0.15) is 7.43 Å². The Labute approximate surface area is 51.1 Å². The fourth-order valence-electron chi connectivity index (χ4n) is 0.289. The molecule has 0 aromatic rings. The van der Waals surface area contributed by atoms with Gasteiger partial charge in [-0.25, -0.2) is 0 Å². The highest BCUT2D eigenvalue weighted by molar-refractivity contribution is 6.36. The normalized spacial score (nSPS) is 7.88. The third kappa shape index (κ3) is 4.11. The number of hydrogen-bond acceptors (Lipinski definition) is 3. The zero-order valence-electron chi connectivity index (χ0n) is 4.80. The monoisotopic (exact) mass is 120 g/mol. The van der Waals surface area contributed by atoms with Crippen LogP contribution in [-0.2, 0) is 14.0 Å². The van der Waals surface area contributed by atoms with Gasteiger partial charge in [-0.2, -0.15) is 0 Å². The van der Waals surface area contributed by atoms with E-state index in [4.69, 9.17) is 0 Å². The quantitative estimate of drug-likeness (QED) is 0.509. The summed E-state index contributed by atoms with van der Waals surface area (Å²) in [5, 5.41) is 0. The minimum atomic E-state index is -0.514. The average molecular weight is 120 g/mol. The number of hydrogen-bond donors (Lipinski definition) is 0.